The van der Waals surface area contributed by atoms with Crippen LogP contribution < -0.4 is 108 Å². The molecule has 0 saturated heterocycles. The molecule has 0 spiro atoms. The van der Waals surface area contributed by atoms with E-state index in [0.717, 1.165) is 83.7 Å². The number of nitriles is 1. The largest absolute Gasteiger partial charge is 1.00 e. The van der Waals surface area contributed by atoms with Crippen molar-refractivity contribution in [1.29, 1.82) is 5.26 Å². The van der Waals surface area contributed by atoms with E-state index in [9.17, 15) is 5.26 Å². The van der Waals surface area contributed by atoms with Gasteiger partial charge in [0.05, 0.1) is 51.6 Å². The smallest absolute Gasteiger partial charge is 1.00 e. The first-order valence-electron chi connectivity index (χ1n) is 41.9. The van der Waals surface area contributed by atoms with Gasteiger partial charge in [-0.2, -0.15) is 5.26 Å². The Morgan fingerprint density at radius 1 is 0.346 bits per heavy atom. The molecule has 0 N–H and O–H groups in total. The maximum absolute atomic E-state index is 15.4. The van der Waals surface area contributed by atoms with Crippen LogP contribution in [0.5, 0.6) is 0 Å². The molecule has 7 heterocycles. The van der Waals surface area contributed by atoms with E-state index in [-0.39, 0.29) is 141 Å². The van der Waals surface area contributed by atoms with E-state index in [1.165, 1.54) is 88.8 Å². The number of nitrogens with zero attached hydrogens (tertiary/aromatic N) is 10. The van der Waals surface area contributed by atoms with Crippen LogP contribution >= 0.6 is 34.0 Å². The molecule has 0 radical (unpaired) electrons. The number of carbonyl (C=O) groups excluding carboxylic acids is 1. The van der Waals surface area contributed by atoms with E-state index in [4.69, 9.17) is 31.6 Å². The Hall–Kier alpha value is -13.4. The number of carbonyl (C=O) groups is 1. The van der Waals surface area contributed by atoms with E-state index in [2.05, 4.69) is 246 Å². The second-order valence-corrected chi connectivity index (χ2v) is 34.5. The van der Waals surface area contributed by atoms with Crippen LogP contribution in [0.25, 0.3) is 222 Å². The molecule has 0 saturated carbocycles. The number of fused-ring (bicyclic) bond motifs is 18. The van der Waals surface area contributed by atoms with Gasteiger partial charge in [-0.25, -0.2) is 43.5 Å². The molecule has 0 amide bonds. The van der Waals surface area contributed by atoms with E-state index in [0.29, 0.717) is 56.9 Å². The third-order valence-electron chi connectivity index (χ3n) is 23.8. The third-order valence-corrected chi connectivity index (χ3v) is 27.2. The van der Waals surface area contributed by atoms with Gasteiger partial charge in [0, 0.05) is 127 Å². The Morgan fingerprint density at radius 3 is 1.13 bits per heavy atom. The fourth-order valence-corrected chi connectivity index (χ4v) is 21.5. The molecular formula is C113H70F2K2N10O3S3. The first-order valence-corrected chi connectivity index (χ1v) is 44.4. The minimum atomic E-state index is -1.12. The van der Waals surface area contributed by atoms with Crippen molar-refractivity contribution in [1.82, 2.24) is 39.0 Å². The number of hydrogen-bond acceptors (Lipinski definition) is 13. The number of thiophene rings is 3. The minimum absolute atomic E-state index is 0. The predicted molar refractivity (Wildman–Crippen MR) is 531 cm³/mol. The van der Waals surface area contributed by atoms with Crippen molar-refractivity contribution < 1.29 is 128 Å². The van der Waals surface area contributed by atoms with Crippen LogP contribution in [0.4, 0.5) is 14.5 Å². The molecule has 624 valence electrons. The van der Waals surface area contributed by atoms with Gasteiger partial charge in [0.25, 0.3) is 6.47 Å². The summed E-state index contributed by atoms with van der Waals surface area (Å²) >= 11 is 5.53. The van der Waals surface area contributed by atoms with Gasteiger partial charge in [0.1, 0.15) is 0 Å². The third kappa shape index (κ3) is 16.4. The van der Waals surface area contributed by atoms with E-state index < -0.39 is 11.6 Å². The molecule has 13 nitrogen and oxygen atoms in total. The molecule has 133 heavy (non-hydrogen) atoms. The average Bonchev–Trinajstić information content (AvgIpc) is 1.52. The number of para-hydroxylation sites is 2. The molecule has 7 aromatic heterocycles. The second kappa shape index (κ2) is 38.4. The summed E-state index contributed by atoms with van der Waals surface area (Å²) in [6.07, 6.45) is 1.08. The standard InChI is InChI=1S/C64H36N6S2.C28H16F2N4.C19H12S.CH2O3.CH4.2K.H/c65-37-41-32-50(64-67-62(39-20-6-2-7-21-39)66-63(68-64)40-22-8-3-9-23-40)60(69-51-28-14-10-24-42(51)46-33-48-44-26-12-16-30-55(44)71-57(48)35-53(46)69)61(59(41)38-18-4-1-5-19-38)70-52-29-15-11-25-43(52)47-34-49-45-27-13-17-31-56(45)72-58(49)36-54(47)70;1-31-22-17-21(24(29)25(30)23(22)18-11-5-2-6-12-18)28-33-26(19-13-7-3-8-14-19)32-27(34-28)20-15-9-4-10-16-20;1-2-6-14-12(5-1)9-13-10-19-17(11-16(13)14)15-7-3-4-8-18(15)20-19;2-1-4-3;;;;/h1-36H;2-17H;1-8,10-11H,9H2;1,3H;1H4;;;/q;;;;;2*+1;-1/p-1. The summed E-state index contributed by atoms with van der Waals surface area (Å²) < 4.78 is 43.3. The molecule has 0 atom stereocenters. The van der Waals surface area contributed by atoms with Gasteiger partial charge < -0.3 is 20.7 Å². The molecule has 0 fully saturated rings. The first kappa shape index (κ1) is 88.8. The second-order valence-electron chi connectivity index (χ2n) is 31.3. The number of halogens is 2. The molecule has 25 rings (SSSR count). The summed E-state index contributed by atoms with van der Waals surface area (Å²) in [5, 5.41) is 32.4. The van der Waals surface area contributed by atoms with Crippen molar-refractivity contribution in [3.05, 3.63) is 416 Å². The Morgan fingerprint density at radius 2 is 0.699 bits per heavy atom. The van der Waals surface area contributed by atoms with Crippen molar-refractivity contribution in [2.45, 2.75) is 13.8 Å². The molecule has 0 aliphatic heterocycles. The van der Waals surface area contributed by atoms with E-state index in [1.54, 1.807) is 30.3 Å². The SMILES string of the molecule is C.N#Cc1cc(-c2nc(-c3ccccc3)nc(-c3ccccc3)n2)c(-n2c3ccccc3c3cc4c(cc32)sc2ccccc24)c(-n2c3ccccc3c3cc4c(cc32)sc2ccccc24)c1-c1ccccc1.O=CO[O-].[C-]#[N+]c1cc(-c2nc(-c3ccccc3)nc(-c3ccccc3)n2)c(F)c(F)c1-c1ccccc1.[H-].[K+].[K+].c1ccc2c(c1)Cc1cc3sc4ccccc4c3cc1-2. The van der Waals surface area contributed by atoms with Crippen LogP contribution in [-0.4, -0.2) is 45.5 Å². The van der Waals surface area contributed by atoms with Crippen molar-refractivity contribution in [3.63, 3.8) is 0 Å². The Balaban J connectivity index is 0.000000159. The van der Waals surface area contributed by atoms with Crippen molar-refractivity contribution in [2.75, 3.05) is 0 Å². The Labute approximate surface area is 861 Å². The molecule has 1 aliphatic rings. The Kier molecular flexibility index (Phi) is 25.6. The molecule has 0 unspecified atom stereocenters. The fourth-order valence-electron chi connectivity index (χ4n) is 18.1. The number of hydrogen-bond donors (Lipinski definition) is 0. The Bertz CT molecular complexity index is 8620. The van der Waals surface area contributed by atoms with Crippen molar-refractivity contribution in [3.8, 4) is 119 Å². The predicted octanol–water partition coefficient (Wildman–Crippen LogP) is 23.5. The summed E-state index contributed by atoms with van der Waals surface area (Å²) in [5.41, 5.74) is 17.8. The van der Waals surface area contributed by atoms with Gasteiger partial charge in [0.2, 0.25) is 0 Å². The number of benzene rings is 17. The number of rotatable bonds is 11. The van der Waals surface area contributed by atoms with E-state index in [1.807, 2.05) is 167 Å². The first-order chi connectivity index (χ1) is 64.1. The summed E-state index contributed by atoms with van der Waals surface area (Å²) in [5.74, 6) is -0.105. The van der Waals surface area contributed by atoms with Gasteiger partial charge in [-0.15, -0.1) is 34.0 Å². The van der Waals surface area contributed by atoms with Crippen LogP contribution in [0.3, 0.4) is 0 Å². The molecule has 20 heteroatoms. The van der Waals surface area contributed by atoms with Crippen LogP contribution in [0.1, 0.15) is 25.5 Å². The van der Waals surface area contributed by atoms with Crippen LogP contribution in [0.2, 0.25) is 0 Å². The quantitative estimate of drug-likeness (QED) is 0.0400. The summed E-state index contributed by atoms with van der Waals surface area (Å²) in [6.45, 7) is 7.42. The van der Waals surface area contributed by atoms with E-state index >= 15 is 8.78 Å². The maximum Gasteiger partial charge on any atom is 1.00 e. The van der Waals surface area contributed by atoms with Gasteiger partial charge in [-0.3, -0.25) is 4.79 Å². The number of aromatic nitrogens is 8. The van der Waals surface area contributed by atoms with Gasteiger partial charge in [-0.05, 0) is 119 Å². The van der Waals surface area contributed by atoms with Crippen LogP contribution in [0.15, 0.2) is 376 Å². The molecule has 17 aromatic carbocycles. The normalized spacial score (nSPS) is 11.2. The van der Waals surface area contributed by atoms with Crippen molar-refractivity contribution >= 4 is 150 Å². The van der Waals surface area contributed by atoms with Gasteiger partial charge >= 0.3 is 103 Å². The molecular weight excluding hydrogens is 1760 g/mol. The zero-order chi connectivity index (χ0) is 87.5. The van der Waals surface area contributed by atoms with Gasteiger partial charge in [-0.1, -0.05) is 305 Å². The average molecular weight is 1830 g/mol. The monoisotopic (exact) mass is 1830 g/mol. The maximum atomic E-state index is 15.4. The molecule has 0 bridgehead atoms. The van der Waals surface area contributed by atoms with Crippen LogP contribution in [-0.2, 0) is 16.1 Å². The van der Waals surface area contributed by atoms with Crippen molar-refractivity contribution in [2.24, 2.45) is 0 Å². The van der Waals surface area contributed by atoms with Gasteiger partial charge in [0.15, 0.2) is 52.3 Å². The zero-order valence-electron chi connectivity index (χ0n) is 71.8. The molecule has 24 aromatic rings. The zero-order valence-corrected chi connectivity index (χ0v) is 79.5. The summed E-state index contributed by atoms with van der Waals surface area (Å²) in [4.78, 5) is 44.2. The molecule has 1 aliphatic carbocycles. The summed E-state index contributed by atoms with van der Waals surface area (Å²) in [7, 11) is 0. The topological polar surface area (TPSA) is 165 Å². The minimum Gasteiger partial charge on any atom is -1.00 e. The van der Waals surface area contributed by atoms with Crippen LogP contribution in [0, 0.1) is 29.5 Å². The fraction of sp³-hybridized carbons (Fsp3) is 0.0177. The summed E-state index contributed by atoms with van der Waals surface area (Å²) in [6, 6.07) is 130.